The van der Waals surface area contributed by atoms with E-state index in [0.29, 0.717) is 17.3 Å². The van der Waals surface area contributed by atoms with E-state index in [1.165, 1.54) is 0 Å². The fraction of sp³-hybridized carbons (Fsp3) is 0.312. The summed E-state index contributed by atoms with van der Waals surface area (Å²) in [5, 5.41) is 16.0. The number of aromatic amines is 1. The van der Waals surface area contributed by atoms with E-state index in [1.54, 1.807) is 4.68 Å². The van der Waals surface area contributed by atoms with Gasteiger partial charge in [-0.1, -0.05) is 17.7 Å². The maximum absolute atomic E-state index is 12.4. The minimum absolute atomic E-state index is 0.171. The third-order valence-electron chi connectivity index (χ3n) is 4.34. The molecule has 0 bridgehead atoms. The topological polar surface area (TPSA) is 75.6 Å². The Hall–Kier alpha value is -2.34. The van der Waals surface area contributed by atoms with E-state index < -0.39 is 0 Å². The van der Waals surface area contributed by atoms with Crippen LogP contribution in [0.2, 0.25) is 5.02 Å². The van der Waals surface area contributed by atoms with Crippen molar-refractivity contribution < 1.29 is 4.79 Å². The number of amides is 1. The van der Waals surface area contributed by atoms with Crippen LogP contribution in [0.1, 0.15) is 33.9 Å². The van der Waals surface area contributed by atoms with Gasteiger partial charge in [-0.3, -0.25) is 14.6 Å². The molecular weight excluding hydrogens is 314 g/mol. The number of aryl methyl sites for hydroxylation is 2. The molecule has 0 saturated carbocycles. The molecule has 3 aromatic rings. The van der Waals surface area contributed by atoms with Gasteiger partial charge < -0.3 is 5.32 Å². The summed E-state index contributed by atoms with van der Waals surface area (Å²) in [6.07, 6.45) is 2.95. The molecule has 0 saturated heterocycles. The van der Waals surface area contributed by atoms with Crippen molar-refractivity contribution in [1.82, 2.24) is 25.3 Å². The molecule has 2 aromatic heterocycles. The third-order valence-corrected chi connectivity index (χ3v) is 4.65. The maximum atomic E-state index is 12.4. The van der Waals surface area contributed by atoms with Crippen LogP contribution in [0.4, 0.5) is 0 Å². The molecule has 2 heterocycles. The Morgan fingerprint density at radius 3 is 3.17 bits per heavy atom. The number of hydrogen-bond acceptors (Lipinski definition) is 3. The molecule has 0 aliphatic heterocycles. The van der Waals surface area contributed by atoms with Gasteiger partial charge >= 0.3 is 0 Å². The van der Waals surface area contributed by atoms with Crippen molar-refractivity contribution in [3.63, 3.8) is 0 Å². The Balaban J connectivity index is 1.58. The van der Waals surface area contributed by atoms with Crippen LogP contribution in [0.15, 0.2) is 18.2 Å². The van der Waals surface area contributed by atoms with Crippen molar-refractivity contribution in [2.75, 3.05) is 0 Å². The predicted molar refractivity (Wildman–Crippen MR) is 87.5 cm³/mol. The van der Waals surface area contributed by atoms with Crippen molar-refractivity contribution in [3.8, 4) is 0 Å². The summed E-state index contributed by atoms with van der Waals surface area (Å²) in [6.45, 7) is 0.321. The number of fused-ring (bicyclic) bond motifs is 2. The molecule has 7 heteroatoms. The van der Waals surface area contributed by atoms with E-state index in [4.69, 9.17) is 11.6 Å². The largest absolute Gasteiger partial charge is 0.345 e. The molecule has 1 aliphatic carbocycles. The minimum Gasteiger partial charge on any atom is -0.345 e. The van der Waals surface area contributed by atoms with Crippen LogP contribution in [0.5, 0.6) is 0 Å². The third kappa shape index (κ3) is 2.30. The fourth-order valence-electron chi connectivity index (χ4n) is 3.23. The van der Waals surface area contributed by atoms with Crippen LogP contribution in [-0.4, -0.2) is 25.9 Å². The van der Waals surface area contributed by atoms with Crippen LogP contribution >= 0.6 is 11.6 Å². The number of carbonyl (C=O) groups excluding carboxylic acids is 1. The average molecular weight is 330 g/mol. The van der Waals surface area contributed by atoms with Crippen LogP contribution < -0.4 is 5.32 Å². The smallest absolute Gasteiger partial charge is 0.272 e. The summed E-state index contributed by atoms with van der Waals surface area (Å²) in [5.41, 5.74) is 4.34. The summed E-state index contributed by atoms with van der Waals surface area (Å²) in [4.78, 5) is 12.4. The zero-order valence-electron chi connectivity index (χ0n) is 12.7. The molecule has 1 aromatic carbocycles. The monoisotopic (exact) mass is 329 g/mol. The highest BCUT2D eigenvalue weighted by atomic mass is 35.5. The summed E-state index contributed by atoms with van der Waals surface area (Å²) in [5.74, 6) is -0.171. The summed E-state index contributed by atoms with van der Waals surface area (Å²) >= 11 is 6.28. The zero-order chi connectivity index (χ0) is 16.0. The highest BCUT2D eigenvalue weighted by molar-refractivity contribution is 6.35. The normalized spacial score (nSPS) is 13.5. The predicted octanol–water partition coefficient (Wildman–Crippen LogP) is 2.37. The molecule has 0 atom stereocenters. The lowest BCUT2D eigenvalue weighted by atomic mass is 10.2. The van der Waals surface area contributed by atoms with E-state index in [1.807, 2.05) is 25.2 Å². The van der Waals surface area contributed by atoms with Crippen LogP contribution in [0.3, 0.4) is 0 Å². The van der Waals surface area contributed by atoms with E-state index in [0.717, 1.165) is 47.1 Å². The molecule has 0 spiro atoms. The lowest BCUT2D eigenvalue weighted by Gasteiger charge is -2.03. The first-order valence-corrected chi connectivity index (χ1v) is 7.97. The van der Waals surface area contributed by atoms with Crippen molar-refractivity contribution in [2.24, 2.45) is 7.05 Å². The lowest BCUT2D eigenvalue weighted by Crippen LogP contribution is -2.24. The number of carbonyl (C=O) groups is 1. The molecule has 0 radical (unpaired) electrons. The van der Waals surface area contributed by atoms with E-state index in [9.17, 15) is 4.79 Å². The molecular formula is C16H16ClN5O. The summed E-state index contributed by atoms with van der Waals surface area (Å²) in [7, 11) is 1.87. The van der Waals surface area contributed by atoms with Crippen molar-refractivity contribution >= 4 is 28.4 Å². The SMILES string of the molecule is Cn1nc(CNC(=O)c2n[nH]c3c2CCC3)c2c(Cl)cccc21. The second-order valence-electron chi connectivity index (χ2n) is 5.77. The van der Waals surface area contributed by atoms with E-state index in [-0.39, 0.29) is 5.91 Å². The van der Waals surface area contributed by atoms with E-state index >= 15 is 0 Å². The van der Waals surface area contributed by atoms with Gasteiger partial charge in [-0.05, 0) is 31.4 Å². The van der Waals surface area contributed by atoms with Crippen molar-refractivity contribution in [1.29, 1.82) is 0 Å². The molecule has 2 N–H and O–H groups in total. The number of benzene rings is 1. The van der Waals surface area contributed by atoms with Crippen LogP contribution in [-0.2, 0) is 26.4 Å². The van der Waals surface area contributed by atoms with Crippen molar-refractivity contribution in [2.45, 2.75) is 25.8 Å². The molecule has 4 rings (SSSR count). The number of H-pyrrole nitrogens is 1. The van der Waals surface area contributed by atoms with Gasteiger partial charge in [-0.25, -0.2) is 0 Å². The van der Waals surface area contributed by atoms with Gasteiger partial charge in [0.2, 0.25) is 0 Å². The first-order valence-electron chi connectivity index (χ1n) is 7.59. The number of hydrogen-bond donors (Lipinski definition) is 2. The first kappa shape index (κ1) is 14.3. The Labute approximate surface area is 137 Å². The van der Waals surface area contributed by atoms with Gasteiger partial charge in [0.05, 0.1) is 22.8 Å². The van der Waals surface area contributed by atoms with E-state index in [2.05, 4.69) is 20.6 Å². The Morgan fingerprint density at radius 1 is 1.43 bits per heavy atom. The second kappa shape index (κ2) is 5.38. The highest BCUT2D eigenvalue weighted by Gasteiger charge is 2.23. The maximum Gasteiger partial charge on any atom is 0.272 e. The number of rotatable bonds is 3. The summed E-state index contributed by atoms with van der Waals surface area (Å²) < 4.78 is 1.77. The van der Waals surface area contributed by atoms with Crippen molar-refractivity contribution in [3.05, 3.63) is 45.9 Å². The quantitative estimate of drug-likeness (QED) is 0.774. The molecule has 0 unspecified atom stereocenters. The Morgan fingerprint density at radius 2 is 2.30 bits per heavy atom. The number of nitrogens with zero attached hydrogens (tertiary/aromatic N) is 3. The Kier molecular flexibility index (Phi) is 3.34. The van der Waals surface area contributed by atoms with Gasteiger partial charge in [0.25, 0.3) is 5.91 Å². The molecule has 23 heavy (non-hydrogen) atoms. The summed E-state index contributed by atoms with van der Waals surface area (Å²) in [6, 6.07) is 5.68. The molecule has 1 aliphatic rings. The number of halogens is 1. The molecule has 6 nitrogen and oxygen atoms in total. The second-order valence-corrected chi connectivity index (χ2v) is 6.18. The van der Waals surface area contributed by atoms with Gasteiger partial charge in [0.1, 0.15) is 0 Å². The number of nitrogens with one attached hydrogen (secondary N) is 2. The Bertz CT molecular complexity index is 911. The van der Waals surface area contributed by atoms with Gasteiger partial charge in [-0.2, -0.15) is 10.2 Å². The lowest BCUT2D eigenvalue weighted by molar-refractivity contribution is 0.0944. The minimum atomic E-state index is -0.171. The highest BCUT2D eigenvalue weighted by Crippen LogP contribution is 2.26. The van der Waals surface area contributed by atoms with Crippen LogP contribution in [0.25, 0.3) is 10.9 Å². The fourth-order valence-corrected chi connectivity index (χ4v) is 3.51. The van der Waals surface area contributed by atoms with Gasteiger partial charge in [0, 0.05) is 23.7 Å². The number of aromatic nitrogens is 4. The van der Waals surface area contributed by atoms with Gasteiger partial charge in [0.15, 0.2) is 5.69 Å². The van der Waals surface area contributed by atoms with Gasteiger partial charge in [-0.15, -0.1) is 0 Å². The van der Waals surface area contributed by atoms with Crippen LogP contribution in [0, 0.1) is 0 Å². The molecule has 1 amide bonds. The first-order chi connectivity index (χ1) is 11.1. The molecule has 0 fully saturated rings. The standard InChI is InChI=1S/C16H16ClN5O/c1-22-13-7-3-5-10(17)14(13)12(21-22)8-18-16(23)15-9-4-2-6-11(9)19-20-15/h3,5,7H,2,4,6,8H2,1H3,(H,18,23)(H,19,20). The average Bonchev–Trinajstić information content (AvgIpc) is 3.20. The zero-order valence-corrected chi connectivity index (χ0v) is 13.4. The molecule has 118 valence electrons.